The summed E-state index contributed by atoms with van der Waals surface area (Å²) in [6.45, 7) is -0.00586. The third kappa shape index (κ3) is 5.00. The molecule has 0 radical (unpaired) electrons. The third-order valence-electron chi connectivity index (χ3n) is 4.21. The van der Waals surface area contributed by atoms with Gasteiger partial charge in [-0.05, 0) is 37.7 Å². The van der Waals surface area contributed by atoms with Gasteiger partial charge in [-0.2, -0.15) is 13.2 Å². The first-order valence-electron chi connectivity index (χ1n) is 7.46. The molecule has 1 aliphatic carbocycles. The summed E-state index contributed by atoms with van der Waals surface area (Å²) >= 11 is 0. The predicted octanol–water partition coefficient (Wildman–Crippen LogP) is 3.30. The minimum atomic E-state index is -4.06. The zero-order chi connectivity index (χ0) is 15.3. The van der Waals surface area contributed by atoms with Crippen molar-refractivity contribution >= 4 is 0 Å². The second kappa shape index (κ2) is 7.27. The Kier molecular flexibility index (Phi) is 5.65. The zero-order valence-electron chi connectivity index (χ0n) is 11.9. The smallest absolute Gasteiger partial charge is 0.391 e. The van der Waals surface area contributed by atoms with Crippen LogP contribution in [0.25, 0.3) is 0 Å². The van der Waals surface area contributed by atoms with Crippen molar-refractivity contribution in [3.8, 4) is 0 Å². The van der Waals surface area contributed by atoms with Crippen LogP contribution in [0.4, 0.5) is 13.2 Å². The molecule has 0 spiro atoms. The number of rotatable bonds is 5. The molecule has 1 aromatic rings. The van der Waals surface area contributed by atoms with Crippen LogP contribution >= 0.6 is 0 Å². The van der Waals surface area contributed by atoms with Gasteiger partial charge in [-0.3, -0.25) is 0 Å². The second-order valence-electron chi connectivity index (χ2n) is 5.83. The summed E-state index contributed by atoms with van der Waals surface area (Å²) in [5.41, 5.74) is 1.12. The lowest BCUT2D eigenvalue weighted by Crippen LogP contribution is -2.44. The highest BCUT2D eigenvalue weighted by Gasteiger charge is 2.41. The van der Waals surface area contributed by atoms with Crippen LogP contribution < -0.4 is 5.32 Å². The quantitative estimate of drug-likeness (QED) is 0.874. The van der Waals surface area contributed by atoms with E-state index in [1.807, 2.05) is 30.3 Å². The molecular weight excluding hydrogens is 279 g/mol. The maximum absolute atomic E-state index is 12.6. The minimum absolute atomic E-state index is 0.00586. The summed E-state index contributed by atoms with van der Waals surface area (Å²) in [4.78, 5) is 0. The molecule has 21 heavy (non-hydrogen) atoms. The molecule has 0 aromatic heterocycles. The molecule has 1 atom stereocenters. The van der Waals surface area contributed by atoms with E-state index in [1.54, 1.807) is 0 Å². The highest BCUT2D eigenvalue weighted by molar-refractivity contribution is 5.16. The van der Waals surface area contributed by atoms with E-state index in [4.69, 9.17) is 0 Å². The first kappa shape index (κ1) is 16.3. The van der Waals surface area contributed by atoms with Gasteiger partial charge in [-0.25, -0.2) is 0 Å². The van der Waals surface area contributed by atoms with Crippen molar-refractivity contribution < 1.29 is 18.3 Å². The molecule has 0 bridgehead atoms. The van der Waals surface area contributed by atoms with Crippen molar-refractivity contribution in [2.45, 2.75) is 50.4 Å². The largest absolute Gasteiger partial charge is 0.395 e. The summed E-state index contributed by atoms with van der Waals surface area (Å²) < 4.78 is 37.9. The Morgan fingerprint density at radius 1 is 1.10 bits per heavy atom. The number of nitrogens with one attached hydrogen (secondary N) is 1. The lowest BCUT2D eigenvalue weighted by Gasteiger charge is -2.32. The summed E-state index contributed by atoms with van der Waals surface area (Å²) in [5, 5.41) is 12.8. The van der Waals surface area contributed by atoms with Crippen molar-refractivity contribution in [1.82, 2.24) is 5.32 Å². The van der Waals surface area contributed by atoms with Crippen LogP contribution in [0, 0.1) is 5.92 Å². The monoisotopic (exact) mass is 301 g/mol. The molecule has 0 heterocycles. The Morgan fingerprint density at radius 2 is 1.71 bits per heavy atom. The second-order valence-corrected chi connectivity index (χ2v) is 5.83. The van der Waals surface area contributed by atoms with Gasteiger partial charge < -0.3 is 10.4 Å². The maximum atomic E-state index is 12.6. The van der Waals surface area contributed by atoms with E-state index in [-0.39, 0.29) is 31.5 Å². The summed E-state index contributed by atoms with van der Waals surface area (Å²) in [7, 11) is 0. The molecular formula is C16H22F3NO. The van der Waals surface area contributed by atoms with Crippen LogP contribution in [0.3, 0.4) is 0 Å². The molecule has 1 saturated carbocycles. The number of hydrogen-bond acceptors (Lipinski definition) is 2. The zero-order valence-corrected chi connectivity index (χ0v) is 11.9. The molecule has 0 aliphatic heterocycles. The molecule has 1 unspecified atom stereocenters. The third-order valence-corrected chi connectivity index (χ3v) is 4.21. The molecule has 5 heteroatoms. The van der Waals surface area contributed by atoms with Gasteiger partial charge in [0, 0.05) is 12.1 Å². The standard InChI is InChI=1S/C16H22F3NO/c17-16(18,19)13-6-8-14(9-7-13)20-15(11-21)10-12-4-2-1-3-5-12/h1-5,13-15,20-21H,6-11H2. The molecule has 1 aromatic carbocycles. The molecule has 2 nitrogen and oxygen atoms in total. The SMILES string of the molecule is OCC(Cc1ccccc1)NC1CCC(C(F)(F)F)CC1. The highest BCUT2D eigenvalue weighted by atomic mass is 19.4. The van der Waals surface area contributed by atoms with Crippen molar-refractivity contribution in [2.24, 2.45) is 5.92 Å². The molecule has 2 rings (SSSR count). The van der Waals surface area contributed by atoms with E-state index < -0.39 is 12.1 Å². The van der Waals surface area contributed by atoms with Gasteiger partial charge in [0.25, 0.3) is 0 Å². The lowest BCUT2D eigenvalue weighted by atomic mass is 9.85. The van der Waals surface area contributed by atoms with Crippen molar-refractivity contribution in [3.05, 3.63) is 35.9 Å². The van der Waals surface area contributed by atoms with Gasteiger partial charge in [-0.15, -0.1) is 0 Å². The predicted molar refractivity (Wildman–Crippen MR) is 76.0 cm³/mol. The van der Waals surface area contributed by atoms with Crippen molar-refractivity contribution in [1.29, 1.82) is 0 Å². The number of halogens is 3. The van der Waals surface area contributed by atoms with Gasteiger partial charge in [-0.1, -0.05) is 30.3 Å². The topological polar surface area (TPSA) is 32.3 Å². The fourth-order valence-corrected chi connectivity index (χ4v) is 3.00. The van der Waals surface area contributed by atoms with Crippen LogP contribution in [0.5, 0.6) is 0 Å². The van der Waals surface area contributed by atoms with Crippen molar-refractivity contribution in [2.75, 3.05) is 6.61 Å². The van der Waals surface area contributed by atoms with Crippen LogP contribution in [0.15, 0.2) is 30.3 Å². The highest BCUT2D eigenvalue weighted by Crippen LogP contribution is 2.37. The molecule has 1 aliphatic rings. The number of aliphatic hydroxyl groups excluding tert-OH is 1. The first-order valence-corrected chi connectivity index (χ1v) is 7.46. The molecule has 2 N–H and O–H groups in total. The number of benzene rings is 1. The van der Waals surface area contributed by atoms with E-state index in [1.165, 1.54) is 0 Å². The first-order chi connectivity index (χ1) is 9.99. The number of hydrogen-bond donors (Lipinski definition) is 2. The Balaban J connectivity index is 1.81. The average Bonchev–Trinajstić information content (AvgIpc) is 2.47. The van der Waals surface area contributed by atoms with Crippen LogP contribution in [-0.4, -0.2) is 30.0 Å². The fraction of sp³-hybridized carbons (Fsp3) is 0.625. The maximum Gasteiger partial charge on any atom is 0.391 e. The van der Waals surface area contributed by atoms with Crippen LogP contribution in [0.1, 0.15) is 31.2 Å². The molecule has 118 valence electrons. The fourth-order valence-electron chi connectivity index (χ4n) is 3.00. The van der Waals surface area contributed by atoms with E-state index in [0.717, 1.165) is 5.56 Å². The van der Waals surface area contributed by atoms with Crippen LogP contribution in [0.2, 0.25) is 0 Å². The van der Waals surface area contributed by atoms with Crippen LogP contribution in [-0.2, 0) is 6.42 Å². The summed E-state index contributed by atoms with van der Waals surface area (Å²) in [6, 6.07) is 9.78. The van der Waals surface area contributed by atoms with E-state index in [2.05, 4.69) is 5.32 Å². The molecule has 1 fully saturated rings. The molecule has 0 saturated heterocycles. The normalized spacial score (nSPS) is 24.8. The van der Waals surface area contributed by atoms with Gasteiger partial charge in [0.05, 0.1) is 12.5 Å². The number of aliphatic hydroxyl groups is 1. The Labute approximate surface area is 123 Å². The average molecular weight is 301 g/mol. The Bertz CT molecular complexity index is 413. The van der Waals surface area contributed by atoms with Crippen molar-refractivity contribution in [3.63, 3.8) is 0 Å². The van der Waals surface area contributed by atoms with Gasteiger partial charge in [0.2, 0.25) is 0 Å². The van der Waals surface area contributed by atoms with E-state index in [9.17, 15) is 18.3 Å². The lowest BCUT2D eigenvalue weighted by molar-refractivity contribution is -0.182. The van der Waals surface area contributed by atoms with Gasteiger partial charge >= 0.3 is 6.18 Å². The summed E-state index contributed by atoms with van der Waals surface area (Å²) in [5.74, 6) is -1.16. The van der Waals surface area contributed by atoms with Gasteiger partial charge in [0.15, 0.2) is 0 Å². The van der Waals surface area contributed by atoms with E-state index >= 15 is 0 Å². The summed E-state index contributed by atoms with van der Waals surface area (Å²) in [6.07, 6.45) is -1.96. The van der Waals surface area contributed by atoms with E-state index in [0.29, 0.717) is 19.3 Å². The minimum Gasteiger partial charge on any atom is -0.395 e. The number of alkyl halides is 3. The van der Waals surface area contributed by atoms with Gasteiger partial charge in [0.1, 0.15) is 0 Å². The molecule has 0 amide bonds. The Morgan fingerprint density at radius 3 is 2.24 bits per heavy atom. The Hall–Kier alpha value is -1.07.